The van der Waals surface area contributed by atoms with Gasteiger partial charge in [0.15, 0.2) is 0 Å². The molecule has 2 fully saturated rings. The molecule has 8 nitrogen and oxygen atoms in total. The maximum absolute atomic E-state index is 12.4. The maximum Gasteiger partial charge on any atom is 0.317 e. The average Bonchev–Trinajstić information content (AvgIpc) is 3.41. The molecule has 1 aromatic carbocycles. The summed E-state index contributed by atoms with van der Waals surface area (Å²) in [5.74, 6) is 0.0742. The van der Waals surface area contributed by atoms with Gasteiger partial charge in [-0.25, -0.2) is 9.78 Å². The van der Waals surface area contributed by atoms with Gasteiger partial charge in [-0.15, -0.1) is 0 Å². The van der Waals surface area contributed by atoms with Crippen molar-refractivity contribution in [2.24, 2.45) is 0 Å². The minimum atomic E-state index is -0.278. The van der Waals surface area contributed by atoms with Gasteiger partial charge in [-0.2, -0.15) is 0 Å². The maximum atomic E-state index is 12.4. The van der Waals surface area contributed by atoms with E-state index in [1.54, 1.807) is 4.90 Å². The number of fused-ring (bicyclic) bond motifs is 1. The van der Waals surface area contributed by atoms with E-state index in [0.717, 1.165) is 36.8 Å². The van der Waals surface area contributed by atoms with Crippen LogP contribution in [0.2, 0.25) is 0 Å². The fraction of sp³-hybridized carbons (Fsp3) is 0.550. The molecule has 3 heterocycles. The molecule has 8 heteroatoms. The molecule has 1 atom stereocenters. The Hall–Kier alpha value is -2.61. The Bertz CT molecular complexity index is 822. The van der Waals surface area contributed by atoms with Gasteiger partial charge in [0.2, 0.25) is 0 Å². The highest BCUT2D eigenvalue weighted by atomic mass is 16.5. The number of aromatic nitrogens is 2. The first-order valence-corrected chi connectivity index (χ1v) is 10.1. The van der Waals surface area contributed by atoms with Crippen molar-refractivity contribution in [3.05, 3.63) is 30.6 Å². The number of carbonyl (C=O) groups excluding carboxylic acids is 2. The number of nitrogens with one attached hydrogen (secondary N) is 1. The van der Waals surface area contributed by atoms with Crippen molar-refractivity contribution in [1.82, 2.24) is 24.7 Å². The summed E-state index contributed by atoms with van der Waals surface area (Å²) < 4.78 is 7.58. The lowest BCUT2D eigenvalue weighted by Crippen LogP contribution is -2.54. The number of carbonyl (C=O) groups is 2. The van der Waals surface area contributed by atoms with E-state index in [1.165, 1.54) is 0 Å². The zero-order valence-corrected chi connectivity index (χ0v) is 16.0. The molecule has 1 unspecified atom stereocenters. The summed E-state index contributed by atoms with van der Waals surface area (Å²) in [7, 11) is 0. The zero-order chi connectivity index (χ0) is 19.3. The normalized spacial score (nSPS) is 19.9. The molecule has 2 saturated heterocycles. The second-order valence-corrected chi connectivity index (χ2v) is 7.33. The number of ether oxygens (including phenoxy) is 1. The van der Waals surface area contributed by atoms with E-state index in [0.29, 0.717) is 39.3 Å². The first kappa shape index (κ1) is 18.7. The number of urea groups is 1. The standard InChI is InChI=1S/C20H27N5O3/c26-19(18-7-3-14-28-18)23-10-12-24(13-11-23)20(27)21-8-4-9-25-15-22-16-5-1-2-6-17(16)25/h1-2,5-6,15,18H,3-4,7-14H2,(H,21,27). The van der Waals surface area contributed by atoms with Gasteiger partial charge in [0.05, 0.1) is 17.4 Å². The van der Waals surface area contributed by atoms with Gasteiger partial charge in [-0.3, -0.25) is 4.79 Å². The van der Waals surface area contributed by atoms with E-state index in [4.69, 9.17) is 4.74 Å². The largest absolute Gasteiger partial charge is 0.368 e. The van der Waals surface area contributed by atoms with Gasteiger partial charge >= 0.3 is 6.03 Å². The topological polar surface area (TPSA) is 79.7 Å². The van der Waals surface area contributed by atoms with E-state index in [2.05, 4.69) is 20.9 Å². The molecule has 1 aromatic heterocycles. The van der Waals surface area contributed by atoms with Crippen LogP contribution in [-0.4, -0.2) is 76.7 Å². The molecule has 2 aliphatic rings. The minimum absolute atomic E-state index is 0.0558. The molecule has 28 heavy (non-hydrogen) atoms. The predicted molar refractivity (Wildman–Crippen MR) is 105 cm³/mol. The third-order valence-electron chi connectivity index (χ3n) is 5.46. The number of nitrogens with zero attached hydrogens (tertiary/aromatic N) is 4. The van der Waals surface area contributed by atoms with E-state index >= 15 is 0 Å². The highest BCUT2D eigenvalue weighted by Crippen LogP contribution is 2.16. The van der Waals surface area contributed by atoms with E-state index in [1.807, 2.05) is 29.4 Å². The number of piperazine rings is 1. The Morgan fingerprint density at radius 1 is 1.14 bits per heavy atom. The molecule has 150 valence electrons. The fourth-order valence-electron chi connectivity index (χ4n) is 3.85. The number of imidazole rings is 1. The Balaban J connectivity index is 1.17. The molecule has 0 aliphatic carbocycles. The van der Waals surface area contributed by atoms with Gasteiger partial charge in [-0.05, 0) is 31.4 Å². The smallest absolute Gasteiger partial charge is 0.317 e. The highest BCUT2D eigenvalue weighted by Gasteiger charge is 2.31. The van der Waals surface area contributed by atoms with Crippen LogP contribution in [-0.2, 0) is 16.1 Å². The number of rotatable bonds is 5. The van der Waals surface area contributed by atoms with Gasteiger partial charge in [-0.1, -0.05) is 12.1 Å². The molecular weight excluding hydrogens is 358 g/mol. The van der Waals surface area contributed by atoms with Crippen molar-refractivity contribution in [2.75, 3.05) is 39.3 Å². The summed E-state index contributed by atoms with van der Waals surface area (Å²) in [6.45, 7) is 4.38. The van der Waals surface area contributed by atoms with Crippen molar-refractivity contribution in [3.63, 3.8) is 0 Å². The second kappa shape index (κ2) is 8.60. The monoisotopic (exact) mass is 385 g/mol. The SMILES string of the molecule is O=C(NCCCn1cnc2ccccc21)N1CCN(C(=O)C2CCCO2)CC1. The van der Waals surface area contributed by atoms with Gasteiger partial charge in [0, 0.05) is 45.9 Å². The highest BCUT2D eigenvalue weighted by molar-refractivity contribution is 5.81. The molecule has 4 rings (SSSR count). The predicted octanol–water partition coefficient (Wildman–Crippen LogP) is 1.46. The van der Waals surface area contributed by atoms with Gasteiger partial charge in [0.25, 0.3) is 5.91 Å². The van der Waals surface area contributed by atoms with Gasteiger partial charge in [0.1, 0.15) is 6.10 Å². The van der Waals surface area contributed by atoms with Crippen LogP contribution in [0.5, 0.6) is 0 Å². The number of aryl methyl sites for hydroxylation is 1. The molecule has 0 saturated carbocycles. The van der Waals surface area contributed by atoms with Crippen LogP contribution in [0.15, 0.2) is 30.6 Å². The lowest BCUT2D eigenvalue weighted by Gasteiger charge is -2.35. The number of para-hydroxylation sites is 2. The van der Waals surface area contributed by atoms with Crippen LogP contribution in [0.25, 0.3) is 11.0 Å². The van der Waals surface area contributed by atoms with Crippen molar-refractivity contribution in [3.8, 4) is 0 Å². The Morgan fingerprint density at radius 3 is 2.71 bits per heavy atom. The lowest BCUT2D eigenvalue weighted by molar-refractivity contribution is -0.142. The number of benzene rings is 1. The first-order valence-electron chi connectivity index (χ1n) is 10.1. The summed E-state index contributed by atoms with van der Waals surface area (Å²) in [5.41, 5.74) is 2.10. The van der Waals surface area contributed by atoms with Crippen LogP contribution < -0.4 is 5.32 Å². The van der Waals surface area contributed by atoms with Crippen LogP contribution in [0.4, 0.5) is 4.79 Å². The van der Waals surface area contributed by atoms with Crippen LogP contribution >= 0.6 is 0 Å². The van der Waals surface area contributed by atoms with Gasteiger partial charge < -0.3 is 24.4 Å². The summed E-state index contributed by atoms with van der Waals surface area (Å²) in [5, 5.41) is 2.99. The third kappa shape index (κ3) is 4.11. The average molecular weight is 385 g/mol. The molecular formula is C20H27N5O3. The molecule has 1 N–H and O–H groups in total. The van der Waals surface area contributed by atoms with Crippen LogP contribution in [0.3, 0.4) is 0 Å². The molecule has 0 radical (unpaired) electrons. The summed E-state index contributed by atoms with van der Waals surface area (Å²) in [6, 6.07) is 7.98. The summed E-state index contributed by atoms with van der Waals surface area (Å²) in [4.78, 5) is 32.7. The Labute approximate surface area is 164 Å². The Kier molecular flexibility index (Phi) is 5.76. The number of hydrogen-bond donors (Lipinski definition) is 1. The second-order valence-electron chi connectivity index (χ2n) is 7.33. The number of hydrogen-bond acceptors (Lipinski definition) is 4. The fourth-order valence-corrected chi connectivity index (χ4v) is 3.85. The van der Waals surface area contributed by atoms with Crippen molar-refractivity contribution in [1.29, 1.82) is 0 Å². The molecule has 0 bridgehead atoms. The van der Waals surface area contributed by atoms with E-state index in [-0.39, 0.29) is 18.0 Å². The molecule has 0 spiro atoms. The van der Waals surface area contributed by atoms with Crippen LogP contribution in [0.1, 0.15) is 19.3 Å². The number of amides is 3. The van der Waals surface area contributed by atoms with E-state index in [9.17, 15) is 9.59 Å². The first-order chi connectivity index (χ1) is 13.7. The molecule has 2 aromatic rings. The molecule has 2 aliphatic heterocycles. The van der Waals surface area contributed by atoms with Crippen LogP contribution in [0, 0.1) is 0 Å². The van der Waals surface area contributed by atoms with E-state index < -0.39 is 0 Å². The molecule has 3 amide bonds. The summed E-state index contributed by atoms with van der Waals surface area (Å²) in [6.07, 6.45) is 4.17. The summed E-state index contributed by atoms with van der Waals surface area (Å²) >= 11 is 0. The van der Waals surface area contributed by atoms with Crippen molar-refractivity contribution in [2.45, 2.75) is 31.9 Å². The van der Waals surface area contributed by atoms with Crippen molar-refractivity contribution >= 4 is 23.0 Å². The lowest BCUT2D eigenvalue weighted by atomic mass is 10.2. The Morgan fingerprint density at radius 2 is 1.93 bits per heavy atom. The minimum Gasteiger partial charge on any atom is -0.368 e. The zero-order valence-electron chi connectivity index (χ0n) is 16.0. The van der Waals surface area contributed by atoms with Crippen molar-refractivity contribution < 1.29 is 14.3 Å². The third-order valence-corrected chi connectivity index (χ3v) is 5.46. The quantitative estimate of drug-likeness (QED) is 0.791.